The number of ether oxygens (including phenoxy) is 2. The fourth-order valence-corrected chi connectivity index (χ4v) is 3.83. The zero-order chi connectivity index (χ0) is 16.7. The van der Waals surface area contributed by atoms with Gasteiger partial charge in [-0.2, -0.15) is 0 Å². The molecule has 1 aliphatic heterocycles. The van der Waals surface area contributed by atoms with Crippen molar-refractivity contribution in [2.24, 2.45) is 0 Å². The third-order valence-electron chi connectivity index (χ3n) is 5.04. The molecule has 3 aliphatic rings. The third kappa shape index (κ3) is 2.42. The maximum absolute atomic E-state index is 12.4. The Morgan fingerprint density at radius 3 is 2.58 bits per heavy atom. The van der Waals surface area contributed by atoms with E-state index in [1.807, 2.05) is 18.2 Å². The standard InChI is InChI=1S/C20H21NO3/c1-23-18-10-15-16(20(22)21-17(15)11-19(18)24-2)9-12-7-13-5-3-4-6-14(13)8-12/h7,9-11H,3-6,8H2,1-2H3,(H,21,22). The summed E-state index contributed by atoms with van der Waals surface area (Å²) in [7, 11) is 3.20. The van der Waals surface area contributed by atoms with Crippen molar-refractivity contribution < 1.29 is 14.3 Å². The summed E-state index contributed by atoms with van der Waals surface area (Å²) in [5.74, 6) is 1.19. The van der Waals surface area contributed by atoms with E-state index >= 15 is 0 Å². The van der Waals surface area contributed by atoms with Gasteiger partial charge in [0.25, 0.3) is 5.91 Å². The van der Waals surface area contributed by atoms with E-state index in [0.717, 1.165) is 17.7 Å². The fraction of sp³-hybridized carbons (Fsp3) is 0.350. The molecule has 0 saturated carbocycles. The fourth-order valence-electron chi connectivity index (χ4n) is 3.83. The summed E-state index contributed by atoms with van der Waals surface area (Å²) in [6.45, 7) is 0. The second kappa shape index (κ2) is 5.86. The highest BCUT2D eigenvalue weighted by Crippen LogP contribution is 2.42. The summed E-state index contributed by atoms with van der Waals surface area (Å²) in [6, 6.07) is 3.69. The van der Waals surface area contributed by atoms with Crippen LogP contribution >= 0.6 is 0 Å². The molecule has 0 fully saturated rings. The molecule has 4 heteroatoms. The Hall–Kier alpha value is -2.49. The summed E-state index contributed by atoms with van der Waals surface area (Å²) in [5.41, 5.74) is 6.63. The highest BCUT2D eigenvalue weighted by atomic mass is 16.5. The maximum Gasteiger partial charge on any atom is 0.256 e. The van der Waals surface area contributed by atoms with E-state index in [1.165, 1.54) is 36.8 Å². The van der Waals surface area contributed by atoms with Crippen molar-refractivity contribution in [2.45, 2.75) is 32.1 Å². The van der Waals surface area contributed by atoms with E-state index in [0.29, 0.717) is 17.1 Å². The Bertz CT molecular complexity index is 814. The molecule has 0 aromatic heterocycles. The monoisotopic (exact) mass is 323 g/mol. The summed E-state index contributed by atoms with van der Waals surface area (Å²) in [4.78, 5) is 12.4. The van der Waals surface area contributed by atoms with Crippen molar-refractivity contribution in [1.82, 2.24) is 0 Å². The molecule has 0 radical (unpaired) electrons. The Balaban J connectivity index is 1.70. The number of carbonyl (C=O) groups excluding carboxylic acids is 1. The summed E-state index contributed by atoms with van der Waals surface area (Å²) < 4.78 is 10.7. The lowest BCUT2D eigenvalue weighted by atomic mass is 9.93. The van der Waals surface area contributed by atoms with Crippen LogP contribution in [0.4, 0.5) is 5.69 Å². The van der Waals surface area contributed by atoms with Crippen LogP contribution in [0.2, 0.25) is 0 Å². The molecule has 1 amide bonds. The number of nitrogens with one attached hydrogen (secondary N) is 1. The Kier molecular flexibility index (Phi) is 3.68. The van der Waals surface area contributed by atoms with E-state index in [9.17, 15) is 4.79 Å². The van der Waals surface area contributed by atoms with Crippen molar-refractivity contribution in [1.29, 1.82) is 0 Å². The maximum atomic E-state index is 12.4. The van der Waals surface area contributed by atoms with Gasteiger partial charge in [0.2, 0.25) is 0 Å². The first-order chi connectivity index (χ1) is 11.7. The molecular weight excluding hydrogens is 302 g/mol. The van der Waals surface area contributed by atoms with Crippen LogP contribution in [0.25, 0.3) is 5.57 Å². The van der Waals surface area contributed by atoms with Crippen molar-refractivity contribution in [3.05, 3.63) is 46.6 Å². The molecular formula is C20H21NO3. The molecule has 0 spiro atoms. The number of rotatable bonds is 3. The highest BCUT2D eigenvalue weighted by molar-refractivity contribution is 6.32. The zero-order valence-electron chi connectivity index (χ0n) is 14.1. The van der Waals surface area contributed by atoms with Crippen molar-refractivity contribution in [2.75, 3.05) is 19.5 Å². The van der Waals surface area contributed by atoms with Crippen LogP contribution < -0.4 is 14.8 Å². The molecule has 1 aromatic rings. The van der Waals surface area contributed by atoms with E-state index in [4.69, 9.17) is 9.47 Å². The van der Waals surface area contributed by atoms with Gasteiger partial charge < -0.3 is 14.8 Å². The van der Waals surface area contributed by atoms with Crippen molar-refractivity contribution in [3.63, 3.8) is 0 Å². The predicted octanol–water partition coefficient (Wildman–Crippen LogP) is 4.24. The topological polar surface area (TPSA) is 47.6 Å². The number of hydrogen-bond acceptors (Lipinski definition) is 3. The molecule has 0 unspecified atom stereocenters. The number of hydrogen-bond donors (Lipinski definition) is 1. The Labute approximate surface area is 141 Å². The van der Waals surface area contributed by atoms with E-state index in [2.05, 4.69) is 11.4 Å². The first-order valence-electron chi connectivity index (χ1n) is 8.40. The van der Waals surface area contributed by atoms with Gasteiger partial charge in [0.15, 0.2) is 11.5 Å². The van der Waals surface area contributed by atoms with Gasteiger partial charge in [-0.25, -0.2) is 0 Å². The van der Waals surface area contributed by atoms with Gasteiger partial charge in [-0.1, -0.05) is 11.6 Å². The predicted molar refractivity (Wildman–Crippen MR) is 94.3 cm³/mol. The minimum atomic E-state index is -0.0638. The number of methoxy groups -OCH3 is 2. The second-order valence-corrected chi connectivity index (χ2v) is 6.50. The second-order valence-electron chi connectivity index (χ2n) is 6.50. The van der Waals surface area contributed by atoms with Crippen LogP contribution in [-0.2, 0) is 4.79 Å². The van der Waals surface area contributed by atoms with Crippen LogP contribution in [0, 0.1) is 0 Å². The molecule has 0 atom stereocenters. The molecule has 2 aliphatic carbocycles. The first-order valence-corrected chi connectivity index (χ1v) is 8.40. The molecule has 0 saturated heterocycles. The van der Waals surface area contributed by atoms with Gasteiger partial charge in [-0.05, 0) is 55.4 Å². The minimum Gasteiger partial charge on any atom is -0.493 e. The molecule has 1 N–H and O–H groups in total. The largest absolute Gasteiger partial charge is 0.493 e. The van der Waals surface area contributed by atoms with Crippen LogP contribution in [0.3, 0.4) is 0 Å². The number of anilines is 1. The van der Waals surface area contributed by atoms with Gasteiger partial charge in [0, 0.05) is 17.2 Å². The molecule has 1 aromatic carbocycles. The van der Waals surface area contributed by atoms with Gasteiger partial charge in [-0.15, -0.1) is 0 Å². The first kappa shape index (κ1) is 15.1. The third-order valence-corrected chi connectivity index (χ3v) is 5.04. The molecule has 1 heterocycles. The number of benzene rings is 1. The van der Waals surface area contributed by atoms with E-state index < -0.39 is 0 Å². The quantitative estimate of drug-likeness (QED) is 0.846. The zero-order valence-corrected chi connectivity index (χ0v) is 14.1. The van der Waals surface area contributed by atoms with Crippen LogP contribution in [-0.4, -0.2) is 20.1 Å². The van der Waals surface area contributed by atoms with Gasteiger partial charge >= 0.3 is 0 Å². The number of carbonyl (C=O) groups is 1. The smallest absolute Gasteiger partial charge is 0.256 e. The summed E-state index contributed by atoms with van der Waals surface area (Å²) in [6.07, 6.45) is 10.2. The van der Waals surface area contributed by atoms with E-state index in [-0.39, 0.29) is 5.91 Å². The Morgan fingerprint density at radius 2 is 1.83 bits per heavy atom. The van der Waals surface area contributed by atoms with Gasteiger partial charge in [0.1, 0.15) is 0 Å². The number of allylic oxidation sites excluding steroid dienone is 5. The van der Waals surface area contributed by atoms with E-state index in [1.54, 1.807) is 19.8 Å². The van der Waals surface area contributed by atoms with Gasteiger partial charge in [-0.3, -0.25) is 4.79 Å². The lowest BCUT2D eigenvalue weighted by Crippen LogP contribution is -2.04. The average Bonchev–Trinajstić information content (AvgIpc) is 3.14. The molecule has 4 nitrogen and oxygen atoms in total. The lowest BCUT2D eigenvalue weighted by Gasteiger charge is -2.12. The normalized spacial score (nSPS) is 20.7. The average molecular weight is 323 g/mol. The van der Waals surface area contributed by atoms with Crippen LogP contribution in [0.1, 0.15) is 37.7 Å². The summed E-state index contributed by atoms with van der Waals surface area (Å²) >= 11 is 0. The highest BCUT2D eigenvalue weighted by Gasteiger charge is 2.28. The summed E-state index contributed by atoms with van der Waals surface area (Å²) in [5, 5.41) is 2.93. The number of amides is 1. The molecule has 24 heavy (non-hydrogen) atoms. The van der Waals surface area contributed by atoms with Crippen LogP contribution in [0.5, 0.6) is 11.5 Å². The Morgan fingerprint density at radius 1 is 1.08 bits per heavy atom. The lowest BCUT2D eigenvalue weighted by molar-refractivity contribution is -0.110. The molecule has 0 bridgehead atoms. The van der Waals surface area contributed by atoms with Gasteiger partial charge in [0.05, 0.1) is 19.9 Å². The molecule has 4 rings (SSSR count). The van der Waals surface area contributed by atoms with Crippen molar-refractivity contribution in [3.8, 4) is 11.5 Å². The van der Waals surface area contributed by atoms with Crippen LogP contribution in [0.15, 0.2) is 41.0 Å². The number of fused-ring (bicyclic) bond motifs is 1. The molecule has 124 valence electrons. The SMILES string of the molecule is COc1cc2c(cc1OC)C(=CC1=CC3=C(CCCC3)C1)C(=O)N2. The minimum absolute atomic E-state index is 0.0638. The van der Waals surface area contributed by atoms with Crippen molar-refractivity contribution >= 4 is 17.2 Å².